The summed E-state index contributed by atoms with van der Waals surface area (Å²) >= 11 is 0. The first-order chi connectivity index (χ1) is 16.3. The van der Waals surface area contributed by atoms with Gasteiger partial charge >= 0.3 is 0 Å². The molecular formula is C28H28O4Si. The number of hydrogen-bond acceptors (Lipinski definition) is 4. The third-order valence-corrected chi connectivity index (χ3v) is 10.5. The Hall–Kier alpha value is -3.38. The second kappa shape index (κ2) is 11.0. The van der Waals surface area contributed by atoms with E-state index in [1.807, 2.05) is 36.4 Å². The van der Waals surface area contributed by atoms with Crippen LogP contribution in [0.4, 0.5) is 0 Å². The molecular weight excluding hydrogens is 428 g/mol. The van der Waals surface area contributed by atoms with Crippen molar-refractivity contribution < 1.29 is 19.7 Å². The molecule has 0 aromatic heterocycles. The van der Waals surface area contributed by atoms with Gasteiger partial charge in [-0.2, -0.15) is 0 Å². The van der Waals surface area contributed by atoms with Crippen molar-refractivity contribution in [1.29, 1.82) is 0 Å². The van der Waals surface area contributed by atoms with Crippen LogP contribution < -0.4 is 30.2 Å². The molecule has 4 aromatic rings. The highest BCUT2D eigenvalue weighted by Gasteiger charge is 2.41. The fraction of sp³-hybridized carbons (Fsp3) is 0.143. The Morgan fingerprint density at radius 3 is 1.12 bits per heavy atom. The number of ether oxygens (including phenoxy) is 2. The van der Waals surface area contributed by atoms with Crippen LogP contribution in [0.3, 0.4) is 0 Å². The Labute approximate surface area is 195 Å². The van der Waals surface area contributed by atoms with Gasteiger partial charge in [-0.3, -0.25) is 0 Å². The predicted octanol–water partition coefficient (Wildman–Crippen LogP) is 1.81. The van der Waals surface area contributed by atoms with Gasteiger partial charge in [0.05, 0.1) is 13.2 Å². The van der Waals surface area contributed by atoms with E-state index in [1.165, 1.54) is 20.7 Å². The first-order valence-corrected chi connectivity index (χ1v) is 13.1. The van der Waals surface area contributed by atoms with Crippen molar-refractivity contribution in [2.24, 2.45) is 0 Å². The van der Waals surface area contributed by atoms with Gasteiger partial charge in [0.25, 0.3) is 0 Å². The van der Waals surface area contributed by atoms with E-state index in [0.29, 0.717) is 0 Å². The average Bonchev–Trinajstić information content (AvgIpc) is 2.89. The van der Waals surface area contributed by atoms with Crippen molar-refractivity contribution in [3.8, 4) is 11.5 Å². The number of hydrogen-bond donors (Lipinski definition) is 2. The van der Waals surface area contributed by atoms with E-state index in [0.717, 1.165) is 11.5 Å². The quantitative estimate of drug-likeness (QED) is 0.282. The van der Waals surface area contributed by atoms with Gasteiger partial charge in [0.15, 0.2) is 8.07 Å². The Morgan fingerprint density at radius 1 is 0.455 bits per heavy atom. The van der Waals surface area contributed by atoms with Gasteiger partial charge in [0.2, 0.25) is 0 Å². The number of aliphatic hydroxyl groups excluding tert-OH is 2. The Balaban J connectivity index is 1.92. The molecule has 0 unspecified atom stereocenters. The summed E-state index contributed by atoms with van der Waals surface area (Å²) in [5.41, 5.74) is 0. The minimum atomic E-state index is -2.62. The standard InChI is InChI=1S/C28H28O4Si/c29-19-21-31-23-11-15-27(16-12-23)33(25-7-3-1-4-8-25,26-9-5-2-6-10-26)28-17-13-24(14-18-28)32-22-20-30/h1-18,29-30H,19-22H2. The van der Waals surface area contributed by atoms with Crippen LogP contribution in [0, 0.1) is 0 Å². The molecule has 0 amide bonds. The van der Waals surface area contributed by atoms with E-state index in [9.17, 15) is 0 Å². The second-order valence-electron chi connectivity index (χ2n) is 7.67. The molecule has 168 valence electrons. The topological polar surface area (TPSA) is 58.9 Å². The molecule has 0 bridgehead atoms. The van der Waals surface area contributed by atoms with Crippen LogP contribution in [-0.4, -0.2) is 44.7 Å². The average molecular weight is 457 g/mol. The lowest BCUT2D eigenvalue weighted by atomic mass is 10.3. The van der Waals surface area contributed by atoms with E-state index >= 15 is 0 Å². The molecule has 0 saturated carbocycles. The molecule has 0 radical (unpaired) electrons. The normalized spacial score (nSPS) is 11.2. The maximum Gasteiger partial charge on any atom is 0.179 e. The minimum absolute atomic E-state index is 0.0147. The zero-order chi connectivity index (χ0) is 22.9. The van der Waals surface area contributed by atoms with E-state index in [1.54, 1.807) is 0 Å². The monoisotopic (exact) mass is 456 g/mol. The smallest absolute Gasteiger partial charge is 0.179 e. The molecule has 2 N–H and O–H groups in total. The van der Waals surface area contributed by atoms with E-state index < -0.39 is 8.07 Å². The third kappa shape index (κ3) is 4.86. The Morgan fingerprint density at radius 2 is 0.788 bits per heavy atom. The SMILES string of the molecule is OCCOc1ccc([Si](c2ccccc2)(c2ccccc2)c2ccc(OCCO)cc2)cc1. The van der Waals surface area contributed by atoms with E-state index in [-0.39, 0.29) is 26.4 Å². The van der Waals surface area contributed by atoms with E-state index in [4.69, 9.17) is 19.7 Å². The number of aliphatic hydroxyl groups is 2. The Kier molecular flexibility index (Phi) is 7.57. The molecule has 0 aliphatic carbocycles. The van der Waals surface area contributed by atoms with Gasteiger partial charge in [0, 0.05) is 0 Å². The summed E-state index contributed by atoms with van der Waals surface area (Å²) in [6, 6.07) is 37.9. The molecule has 4 aromatic carbocycles. The zero-order valence-corrected chi connectivity index (χ0v) is 19.4. The van der Waals surface area contributed by atoms with Crippen molar-refractivity contribution in [2.45, 2.75) is 0 Å². The largest absolute Gasteiger partial charge is 0.491 e. The summed E-state index contributed by atoms with van der Waals surface area (Å²) in [5, 5.41) is 23.2. The molecule has 5 heteroatoms. The first-order valence-electron chi connectivity index (χ1n) is 11.1. The zero-order valence-electron chi connectivity index (χ0n) is 18.4. The molecule has 33 heavy (non-hydrogen) atoms. The lowest BCUT2D eigenvalue weighted by molar-refractivity contribution is 0.201. The Bertz CT molecular complexity index is 1020. The van der Waals surface area contributed by atoms with Crippen molar-refractivity contribution in [3.05, 3.63) is 109 Å². The summed E-state index contributed by atoms with van der Waals surface area (Å²) < 4.78 is 11.2. The molecule has 0 spiro atoms. The van der Waals surface area contributed by atoms with Crippen LogP contribution in [-0.2, 0) is 0 Å². The summed E-state index contributed by atoms with van der Waals surface area (Å²) in [6.07, 6.45) is 0. The van der Waals surface area contributed by atoms with Crippen LogP contribution in [0.5, 0.6) is 11.5 Å². The van der Waals surface area contributed by atoms with Gasteiger partial charge in [0.1, 0.15) is 24.7 Å². The highest BCUT2D eigenvalue weighted by molar-refractivity contribution is 7.19. The maximum absolute atomic E-state index is 9.09. The van der Waals surface area contributed by atoms with Crippen molar-refractivity contribution in [1.82, 2.24) is 0 Å². The molecule has 0 heterocycles. The van der Waals surface area contributed by atoms with Crippen LogP contribution >= 0.6 is 0 Å². The molecule has 4 nitrogen and oxygen atoms in total. The summed E-state index contributed by atoms with van der Waals surface area (Å²) in [5.74, 6) is 1.48. The molecule has 0 aliphatic heterocycles. The molecule has 0 atom stereocenters. The number of benzene rings is 4. The predicted molar refractivity (Wildman–Crippen MR) is 135 cm³/mol. The van der Waals surface area contributed by atoms with Crippen LogP contribution in [0.15, 0.2) is 109 Å². The first kappa shape index (κ1) is 22.8. The molecule has 0 fully saturated rings. The molecule has 0 saturated heterocycles. The fourth-order valence-corrected chi connectivity index (χ4v) is 9.02. The van der Waals surface area contributed by atoms with Crippen LogP contribution in [0.1, 0.15) is 0 Å². The highest BCUT2D eigenvalue weighted by atomic mass is 28.3. The van der Waals surface area contributed by atoms with Crippen molar-refractivity contribution >= 4 is 28.8 Å². The second-order valence-corrected chi connectivity index (χ2v) is 11.5. The van der Waals surface area contributed by atoms with Gasteiger partial charge in [-0.1, -0.05) is 84.9 Å². The fourth-order valence-electron chi connectivity index (χ4n) is 4.31. The number of rotatable bonds is 10. The molecule has 4 rings (SSSR count). The summed E-state index contributed by atoms with van der Waals surface area (Å²) in [6.45, 7) is 0.515. The molecule has 0 aliphatic rings. The lowest BCUT2D eigenvalue weighted by Gasteiger charge is -2.34. The maximum atomic E-state index is 9.09. The van der Waals surface area contributed by atoms with E-state index in [2.05, 4.69) is 72.8 Å². The van der Waals surface area contributed by atoms with Crippen LogP contribution in [0.2, 0.25) is 0 Å². The van der Waals surface area contributed by atoms with Gasteiger partial charge in [-0.25, -0.2) is 0 Å². The lowest BCUT2D eigenvalue weighted by Crippen LogP contribution is -2.74. The summed E-state index contributed by atoms with van der Waals surface area (Å²) in [7, 11) is -2.62. The highest BCUT2D eigenvalue weighted by Crippen LogP contribution is 2.15. The van der Waals surface area contributed by atoms with Gasteiger partial charge in [-0.15, -0.1) is 0 Å². The van der Waals surface area contributed by atoms with Gasteiger partial charge < -0.3 is 19.7 Å². The third-order valence-electron chi connectivity index (χ3n) is 5.71. The van der Waals surface area contributed by atoms with Crippen molar-refractivity contribution in [3.63, 3.8) is 0 Å². The van der Waals surface area contributed by atoms with Crippen molar-refractivity contribution in [2.75, 3.05) is 26.4 Å². The minimum Gasteiger partial charge on any atom is -0.491 e. The van der Waals surface area contributed by atoms with Crippen LogP contribution in [0.25, 0.3) is 0 Å². The summed E-state index contributed by atoms with van der Waals surface area (Å²) in [4.78, 5) is 0. The van der Waals surface area contributed by atoms with Gasteiger partial charge in [-0.05, 0) is 45.0 Å².